The Morgan fingerprint density at radius 2 is 1.03 bits per heavy atom. The van der Waals surface area contributed by atoms with E-state index in [2.05, 4.69) is 20.4 Å². The maximum Gasteiger partial charge on any atom is 0.193 e. The summed E-state index contributed by atoms with van der Waals surface area (Å²) in [5.74, 6) is -1.40. The lowest BCUT2D eigenvalue weighted by atomic mass is 9.53. The van der Waals surface area contributed by atoms with Gasteiger partial charge in [-0.15, -0.1) is 0 Å². The molecule has 0 aliphatic carbocycles. The molecule has 4 fully saturated rings. The highest BCUT2D eigenvalue weighted by Gasteiger charge is 2.71. The van der Waals surface area contributed by atoms with Crippen LogP contribution in [0.25, 0.3) is 0 Å². The molecule has 2 unspecified atom stereocenters. The zero-order valence-corrected chi connectivity index (χ0v) is 36.5. The molecule has 0 bridgehead atoms. The highest BCUT2D eigenvalue weighted by Crippen LogP contribution is 2.61. The Hall–Kier alpha value is -4.49. The standard InChI is InChI=1S/C51H60F2N4O5/c1-33-41(25-37(27-43(33)52)47(58)35-13-7-5-8-14-35)45-29-50(56(45)21-23-61-3,39-17-11-19-54-31-39)49(60)51(40-18-12-20-55-32-40)30-46(57(51)22-24-62-4)42-26-38(28-44(53)34(42)2)48(59)36-15-9-6-10-16-36/h5-10,13-16,25-28,39-40,45-46,54-55H,11-12,17-24,29-32H2,1-4H3/t39?,40?,45-,46-,50+,51+/m0/s1. The Morgan fingerprint density at radius 3 is 1.39 bits per heavy atom. The van der Waals surface area contributed by atoms with E-state index in [1.54, 1.807) is 76.6 Å². The largest absolute Gasteiger partial charge is 0.383 e. The Morgan fingerprint density at radius 1 is 0.629 bits per heavy atom. The first kappa shape index (κ1) is 44.1. The van der Waals surface area contributed by atoms with E-state index in [0.717, 1.165) is 38.8 Å². The van der Waals surface area contributed by atoms with Crippen molar-refractivity contribution >= 4 is 17.3 Å². The monoisotopic (exact) mass is 846 g/mol. The molecule has 6 atom stereocenters. The van der Waals surface area contributed by atoms with Crippen molar-refractivity contribution in [1.82, 2.24) is 20.4 Å². The Kier molecular flexibility index (Phi) is 13.3. The fraction of sp³-hybridized carbons (Fsp3) is 0.471. The highest BCUT2D eigenvalue weighted by molar-refractivity contribution is 6.10. The number of likely N-dealkylation sites (tertiary alicyclic amines) is 2. The maximum absolute atomic E-state index is 16.7. The molecule has 4 aliphatic heterocycles. The zero-order valence-electron chi connectivity index (χ0n) is 36.5. The van der Waals surface area contributed by atoms with Crippen LogP contribution in [0.1, 0.15) is 105 Å². The van der Waals surface area contributed by atoms with Crippen LogP contribution in [0.4, 0.5) is 8.78 Å². The summed E-state index contributed by atoms with van der Waals surface area (Å²) in [7, 11) is 3.31. The van der Waals surface area contributed by atoms with Crippen LogP contribution in [0.15, 0.2) is 84.9 Å². The van der Waals surface area contributed by atoms with Crippen LogP contribution in [0.2, 0.25) is 0 Å². The Balaban J connectivity index is 1.24. The Labute approximate surface area is 364 Å². The van der Waals surface area contributed by atoms with Crippen molar-refractivity contribution in [3.63, 3.8) is 0 Å². The van der Waals surface area contributed by atoms with E-state index in [4.69, 9.17) is 9.47 Å². The van der Waals surface area contributed by atoms with Gasteiger partial charge >= 0.3 is 0 Å². The molecule has 0 saturated carbocycles. The molecule has 9 nitrogen and oxygen atoms in total. The molecule has 0 spiro atoms. The molecule has 328 valence electrons. The average molecular weight is 847 g/mol. The van der Waals surface area contributed by atoms with Gasteiger partial charge in [-0.05, 0) is 124 Å². The molecule has 4 saturated heterocycles. The fourth-order valence-electron chi connectivity index (χ4n) is 11.4. The summed E-state index contributed by atoms with van der Waals surface area (Å²) in [6.07, 6.45) is 4.39. The molecule has 0 aromatic heterocycles. The second-order valence-corrected chi connectivity index (χ2v) is 17.8. The van der Waals surface area contributed by atoms with Gasteiger partial charge in [0.25, 0.3) is 0 Å². The molecule has 8 rings (SSSR count). The van der Waals surface area contributed by atoms with E-state index in [1.807, 2.05) is 24.3 Å². The van der Waals surface area contributed by atoms with Gasteiger partial charge < -0.3 is 20.1 Å². The number of ether oxygens (including phenoxy) is 2. The number of carbonyl (C=O) groups is 3. The van der Waals surface area contributed by atoms with Gasteiger partial charge in [0.05, 0.1) is 24.3 Å². The van der Waals surface area contributed by atoms with Crippen LogP contribution < -0.4 is 10.6 Å². The number of rotatable bonds is 16. The van der Waals surface area contributed by atoms with E-state index in [0.29, 0.717) is 85.6 Å². The summed E-state index contributed by atoms with van der Waals surface area (Å²) in [5, 5.41) is 7.23. The zero-order chi connectivity index (χ0) is 43.6. The number of carbonyl (C=O) groups excluding carboxylic acids is 3. The van der Waals surface area contributed by atoms with Crippen LogP contribution in [0, 0.1) is 37.3 Å². The summed E-state index contributed by atoms with van der Waals surface area (Å²) < 4.78 is 43.7. The van der Waals surface area contributed by atoms with E-state index >= 15 is 13.6 Å². The quantitative estimate of drug-likeness (QED) is 0.111. The van der Waals surface area contributed by atoms with Gasteiger partial charge in [-0.25, -0.2) is 8.78 Å². The summed E-state index contributed by atoms with van der Waals surface area (Å²) in [6, 6.07) is 23.5. The van der Waals surface area contributed by atoms with Crippen molar-refractivity contribution < 1.29 is 32.6 Å². The molecule has 0 amide bonds. The van der Waals surface area contributed by atoms with E-state index in [9.17, 15) is 9.59 Å². The van der Waals surface area contributed by atoms with Gasteiger partial charge in [0.2, 0.25) is 0 Å². The van der Waals surface area contributed by atoms with Crippen LogP contribution in [0.5, 0.6) is 0 Å². The smallest absolute Gasteiger partial charge is 0.193 e. The number of hydrogen-bond donors (Lipinski definition) is 2. The molecule has 0 radical (unpaired) electrons. The molecular weight excluding hydrogens is 787 g/mol. The first-order valence-corrected chi connectivity index (χ1v) is 22.3. The van der Waals surface area contributed by atoms with Crippen LogP contribution >= 0.6 is 0 Å². The van der Waals surface area contributed by atoms with Crippen molar-refractivity contribution in [3.8, 4) is 0 Å². The summed E-state index contributed by atoms with van der Waals surface area (Å²) >= 11 is 0. The molecule has 2 N–H and O–H groups in total. The van der Waals surface area contributed by atoms with Gasteiger partial charge in [-0.1, -0.05) is 60.7 Å². The van der Waals surface area contributed by atoms with Gasteiger partial charge in [-0.3, -0.25) is 24.2 Å². The third kappa shape index (κ3) is 7.79. The Bertz CT molecular complexity index is 2110. The molecule has 4 aromatic rings. The van der Waals surface area contributed by atoms with Crippen molar-refractivity contribution in [2.45, 2.75) is 75.5 Å². The lowest BCUT2D eigenvalue weighted by molar-refractivity contribution is -0.201. The molecule has 62 heavy (non-hydrogen) atoms. The molecular formula is C51H60F2N4O5. The number of Topliss-reactive ketones (excluding diaryl/α,β-unsaturated/α-hetero) is 1. The predicted molar refractivity (Wildman–Crippen MR) is 236 cm³/mol. The summed E-state index contributed by atoms with van der Waals surface area (Å²) in [6.45, 7) is 8.09. The van der Waals surface area contributed by atoms with Crippen LogP contribution in [-0.4, -0.2) is 105 Å². The third-order valence-electron chi connectivity index (χ3n) is 14.7. The number of nitrogens with zero attached hydrogens (tertiary/aromatic N) is 2. The number of halogens is 2. The van der Waals surface area contributed by atoms with E-state index < -0.39 is 22.7 Å². The minimum atomic E-state index is -0.960. The highest BCUT2D eigenvalue weighted by atomic mass is 19.1. The number of ketones is 3. The molecule has 4 aromatic carbocycles. The SMILES string of the molecule is COCCN1[C@H](c2cc(C(=O)c3ccccc3)cc(F)c2C)C[C@]1(C(=O)[C@]1(C2CCCNC2)C[C@@H](c2cc(C(=O)c3ccccc3)cc(F)c2C)N1CCOC)C1CCCNC1. The molecule has 4 heterocycles. The van der Waals surface area contributed by atoms with Crippen molar-refractivity contribution in [2.75, 3.05) is 66.7 Å². The van der Waals surface area contributed by atoms with Crippen molar-refractivity contribution in [1.29, 1.82) is 0 Å². The maximum atomic E-state index is 16.7. The molecule has 11 heteroatoms. The summed E-state index contributed by atoms with van der Waals surface area (Å²) in [4.78, 5) is 48.9. The van der Waals surface area contributed by atoms with E-state index in [1.165, 1.54) is 12.1 Å². The first-order valence-electron chi connectivity index (χ1n) is 22.3. The number of piperidine rings is 2. The fourth-order valence-corrected chi connectivity index (χ4v) is 11.4. The number of hydrogen-bond acceptors (Lipinski definition) is 9. The van der Waals surface area contributed by atoms with E-state index in [-0.39, 0.29) is 52.4 Å². The van der Waals surface area contributed by atoms with Crippen molar-refractivity contribution in [3.05, 3.63) is 141 Å². The van der Waals surface area contributed by atoms with Gasteiger partial charge in [-0.2, -0.15) is 0 Å². The first-order chi connectivity index (χ1) is 30.1. The third-order valence-corrected chi connectivity index (χ3v) is 14.7. The van der Waals surface area contributed by atoms with Crippen molar-refractivity contribution in [2.24, 2.45) is 11.8 Å². The number of nitrogens with one attached hydrogen (secondary N) is 2. The van der Waals surface area contributed by atoms with Crippen LogP contribution in [-0.2, 0) is 14.3 Å². The second-order valence-electron chi connectivity index (χ2n) is 17.8. The topological polar surface area (TPSA) is 100 Å². The lowest BCUT2D eigenvalue weighted by Gasteiger charge is -2.69. The number of benzene rings is 4. The normalized spacial score (nSPS) is 26.7. The minimum absolute atomic E-state index is 0.0566. The average Bonchev–Trinajstić information content (AvgIpc) is 3.29. The van der Waals surface area contributed by atoms with Gasteiger partial charge in [0, 0.05) is 74.7 Å². The van der Waals surface area contributed by atoms with Gasteiger partial charge in [0.1, 0.15) is 11.6 Å². The second kappa shape index (κ2) is 18.7. The van der Waals surface area contributed by atoms with Crippen LogP contribution in [0.3, 0.4) is 0 Å². The minimum Gasteiger partial charge on any atom is -0.383 e. The number of methoxy groups -OCH3 is 2. The summed E-state index contributed by atoms with van der Waals surface area (Å²) in [5.41, 5.74) is 1.92. The van der Waals surface area contributed by atoms with Gasteiger partial charge in [0.15, 0.2) is 17.3 Å². The lowest BCUT2D eigenvalue weighted by Crippen LogP contribution is -2.82. The predicted octanol–water partition coefficient (Wildman–Crippen LogP) is 7.58. The molecule has 4 aliphatic rings.